The first-order valence-electron chi connectivity index (χ1n) is 13.8. The lowest BCUT2D eigenvalue weighted by molar-refractivity contribution is -0.121. The SMILES string of the molecule is COCC(c1ccc(O)c(NC(=O)[C@@H](NC(=O)OCc2ccccc2)C2CCC(F)(F)CC2)c1)N1C[C@@H](C(F)F)NC1=O. The highest BCUT2D eigenvalue weighted by Gasteiger charge is 2.41. The minimum Gasteiger partial charge on any atom is -0.506 e. The molecule has 1 unspecified atom stereocenters. The van der Waals surface area contributed by atoms with Crippen LogP contribution in [-0.4, -0.2) is 72.7 Å². The monoisotopic (exact) mass is 610 g/mol. The molecule has 1 aliphatic heterocycles. The zero-order valence-corrected chi connectivity index (χ0v) is 23.4. The van der Waals surface area contributed by atoms with E-state index in [0.717, 1.165) is 0 Å². The molecule has 3 atom stereocenters. The maximum atomic E-state index is 13.9. The molecule has 0 bridgehead atoms. The predicted octanol–water partition coefficient (Wildman–Crippen LogP) is 4.80. The standard InChI is InChI=1S/C29H34F4N4O6/c1-42-16-22(37-14-21(25(30)31)35-27(37)40)19-7-8-23(38)20(13-19)34-26(39)24(18-9-11-29(32,33)12-10-18)36-28(41)43-15-17-5-3-2-4-6-17/h2-8,13,18,21-22,24-25,38H,9-12,14-16H2,1H3,(H,34,39)(H,35,40)(H,36,41)/t21-,22?,24-/m0/s1. The molecular formula is C29H34F4N4O6. The minimum atomic E-state index is -2.88. The van der Waals surface area contributed by atoms with Crippen LogP contribution < -0.4 is 16.0 Å². The molecule has 4 N–H and O–H groups in total. The lowest BCUT2D eigenvalue weighted by Crippen LogP contribution is -2.50. The van der Waals surface area contributed by atoms with Gasteiger partial charge in [-0.25, -0.2) is 27.2 Å². The van der Waals surface area contributed by atoms with E-state index in [1.165, 1.54) is 30.2 Å². The van der Waals surface area contributed by atoms with Crippen LogP contribution in [0.5, 0.6) is 5.75 Å². The van der Waals surface area contributed by atoms with E-state index in [0.29, 0.717) is 11.1 Å². The van der Waals surface area contributed by atoms with Gasteiger partial charge in [-0.2, -0.15) is 0 Å². The average Bonchev–Trinajstić information content (AvgIpc) is 3.37. The quantitative estimate of drug-likeness (QED) is 0.214. The number of halogens is 4. The number of amides is 4. The van der Waals surface area contributed by atoms with Gasteiger partial charge in [0.2, 0.25) is 11.8 Å². The Bertz CT molecular complexity index is 1270. The molecular weight excluding hydrogens is 576 g/mol. The number of methoxy groups -OCH3 is 1. The van der Waals surface area contributed by atoms with E-state index in [1.54, 1.807) is 30.3 Å². The second-order valence-corrected chi connectivity index (χ2v) is 10.7. The van der Waals surface area contributed by atoms with Crippen LogP contribution in [0.2, 0.25) is 0 Å². The molecule has 0 aromatic heterocycles. The van der Waals surface area contributed by atoms with Crippen LogP contribution in [-0.2, 0) is 20.9 Å². The fourth-order valence-corrected chi connectivity index (χ4v) is 5.27. The second-order valence-electron chi connectivity index (χ2n) is 10.7. The van der Waals surface area contributed by atoms with Crippen molar-refractivity contribution in [2.75, 3.05) is 25.6 Å². The van der Waals surface area contributed by atoms with Crippen molar-refractivity contribution < 1.29 is 46.5 Å². The molecule has 4 amide bonds. The number of benzene rings is 2. The smallest absolute Gasteiger partial charge is 0.408 e. The Kier molecular flexibility index (Phi) is 10.3. The molecule has 2 aromatic rings. The first-order valence-corrected chi connectivity index (χ1v) is 13.8. The molecule has 14 heteroatoms. The Labute approximate surface area is 245 Å². The summed E-state index contributed by atoms with van der Waals surface area (Å²) >= 11 is 0. The Morgan fingerprint density at radius 3 is 2.47 bits per heavy atom. The van der Waals surface area contributed by atoms with Gasteiger partial charge >= 0.3 is 12.1 Å². The molecule has 2 aromatic carbocycles. The number of aromatic hydroxyl groups is 1. The van der Waals surface area contributed by atoms with Gasteiger partial charge in [-0.15, -0.1) is 0 Å². The van der Waals surface area contributed by atoms with Gasteiger partial charge in [0.25, 0.3) is 6.43 Å². The van der Waals surface area contributed by atoms with Gasteiger partial charge in [0.15, 0.2) is 0 Å². The lowest BCUT2D eigenvalue weighted by atomic mass is 9.81. The number of carbonyl (C=O) groups is 3. The Morgan fingerprint density at radius 1 is 1.14 bits per heavy atom. The van der Waals surface area contributed by atoms with Crippen molar-refractivity contribution in [2.45, 2.75) is 62.8 Å². The summed E-state index contributed by atoms with van der Waals surface area (Å²) < 4.78 is 64.8. The summed E-state index contributed by atoms with van der Waals surface area (Å²) in [5.41, 5.74) is 0.971. The van der Waals surface area contributed by atoms with E-state index in [2.05, 4.69) is 16.0 Å². The maximum absolute atomic E-state index is 13.9. The maximum Gasteiger partial charge on any atom is 0.408 e. The average molecular weight is 611 g/mol. The zero-order chi connectivity index (χ0) is 31.1. The number of nitrogens with one attached hydrogen (secondary N) is 3. The number of carbonyl (C=O) groups excluding carboxylic acids is 3. The number of rotatable bonds is 11. The van der Waals surface area contributed by atoms with Crippen LogP contribution in [0, 0.1) is 5.92 Å². The largest absolute Gasteiger partial charge is 0.506 e. The van der Waals surface area contributed by atoms with Crippen LogP contribution in [0.15, 0.2) is 48.5 Å². The summed E-state index contributed by atoms with van der Waals surface area (Å²) in [5, 5.41) is 17.8. The number of nitrogens with zero attached hydrogens (tertiary/aromatic N) is 1. The molecule has 1 saturated heterocycles. The van der Waals surface area contributed by atoms with Crippen molar-refractivity contribution in [3.63, 3.8) is 0 Å². The van der Waals surface area contributed by atoms with Gasteiger partial charge in [-0.3, -0.25) is 4.79 Å². The van der Waals surface area contributed by atoms with Gasteiger partial charge in [0.1, 0.15) is 24.4 Å². The Hall–Kier alpha value is -4.07. The van der Waals surface area contributed by atoms with E-state index in [-0.39, 0.29) is 44.0 Å². The minimum absolute atomic E-state index is 0.0403. The van der Waals surface area contributed by atoms with Gasteiger partial charge < -0.3 is 35.4 Å². The van der Waals surface area contributed by atoms with Crippen LogP contribution in [0.1, 0.15) is 42.9 Å². The van der Waals surface area contributed by atoms with E-state index < -0.39 is 67.3 Å². The number of anilines is 1. The third-order valence-corrected chi connectivity index (χ3v) is 7.63. The number of ether oxygens (including phenoxy) is 2. The molecule has 2 aliphatic rings. The number of alkyl halides is 4. The molecule has 43 heavy (non-hydrogen) atoms. The van der Waals surface area contributed by atoms with E-state index in [4.69, 9.17) is 9.47 Å². The van der Waals surface area contributed by atoms with Gasteiger partial charge in [-0.05, 0) is 42.0 Å². The number of alkyl carbamates (subject to hydrolysis) is 1. The fraction of sp³-hybridized carbons (Fsp3) is 0.483. The summed E-state index contributed by atoms with van der Waals surface area (Å²) in [6.45, 7) is -0.449. The van der Waals surface area contributed by atoms with E-state index in [1.807, 2.05) is 0 Å². The third kappa shape index (κ3) is 8.27. The molecule has 0 spiro atoms. The fourth-order valence-electron chi connectivity index (χ4n) is 5.27. The topological polar surface area (TPSA) is 129 Å². The molecule has 1 aliphatic carbocycles. The van der Waals surface area contributed by atoms with Crippen molar-refractivity contribution in [1.82, 2.24) is 15.5 Å². The summed E-state index contributed by atoms with van der Waals surface area (Å²) in [4.78, 5) is 39.8. The summed E-state index contributed by atoms with van der Waals surface area (Å²) in [6.07, 6.45) is -4.70. The normalized spacial score (nSPS) is 19.9. The van der Waals surface area contributed by atoms with E-state index >= 15 is 0 Å². The molecule has 4 rings (SSSR count). The highest BCUT2D eigenvalue weighted by molar-refractivity contribution is 5.98. The van der Waals surface area contributed by atoms with Crippen molar-refractivity contribution in [3.05, 3.63) is 59.7 Å². The number of phenolic OH excluding ortho intramolecular Hbond substituents is 1. The van der Waals surface area contributed by atoms with Gasteiger partial charge in [0, 0.05) is 26.5 Å². The molecule has 0 radical (unpaired) electrons. The van der Waals surface area contributed by atoms with Gasteiger partial charge in [-0.1, -0.05) is 36.4 Å². The molecule has 10 nitrogen and oxygen atoms in total. The second kappa shape index (κ2) is 13.9. The number of urea groups is 1. The first kappa shape index (κ1) is 31.9. The number of hydrogen-bond acceptors (Lipinski definition) is 6. The first-order chi connectivity index (χ1) is 20.5. The Balaban J connectivity index is 1.52. The highest BCUT2D eigenvalue weighted by atomic mass is 19.3. The van der Waals surface area contributed by atoms with Crippen LogP contribution in [0.4, 0.5) is 32.8 Å². The van der Waals surface area contributed by atoms with E-state index in [9.17, 15) is 37.1 Å². The summed E-state index contributed by atoms with van der Waals surface area (Å²) in [6, 6.07) is 8.67. The summed E-state index contributed by atoms with van der Waals surface area (Å²) in [7, 11) is 1.37. The highest BCUT2D eigenvalue weighted by Crippen LogP contribution is 2.38. The van der Waals surface area contributed by atoms with Crippen LogP contribution in [0.3, 0.4) is 0 Å². The lowest BCUT2D eigenvalue weighted by Gasteiger charge is -2.33. The number of hydrogen-bond donors (Lipinski definition) is 4. The predicted molar refractivity (Wildman–Crippen MR) is 147 cm³/mol. The van der Waals surface area contributed by atoms with Crippen molar-refractivity contribution in [1.29, 1.82) is 0 Å². The number of phenols is 1. The molecule has 1 heterocycles. The van der Waals surface area contributed by atoms with Crippen LogP contribution in [0.25, 0.3) is 0 Å². The third-order valence-electron chi connectivity index (χ3n) is 7.63. The van der Waals surface area contributed by atoms with Crippen molar-refractivity contribution in [2.24, 2.45) is 5.92 Å². The Morgan fingerprint density at radius 2 is 1.84 bits per heavy atom. The van der Waals surface area contributed by atoms with Crippen LogP contribution >= 0.6 is 0 Å². The molecule has 234 valence electrons. The van der Waals surface area contributed by atoms with Gasteiger partial charge in [0.05, 0.1) is 18.3 Å². The molecule has 1 saturated carbocycles. The molecule has 2 fully saturated rings. The summed E-state index contributed by atoms with van der Waals surface area (Å²) in [5.74, 6) is -4.65. The van der Waals surface area contributed by atoms with Crippen molar-refractivity contribution >= 4 is 23.7 Å². The zero-order valence-electron chi connectivity index (χ0n) is 23.4. The van der Waals surface area contributed by atoms with Crippen molar-refractivity contribution in [3.8, 4) is 5.75 Å².